The molecule has 0 radical (unpaired) electrons. The zero-order valence-electron chi connectivity index (χ0n) is 54.8. The molecule has 8 rings (SSSR count). The average Bonchev–Trinajstić information content (AvgIpc) is 0.781. The first-order chi connectivity index (χ1) is 44.0. The van der Waals surface area contributed by atoms with Crippen LogP contribution in [-0.2, 0) is 63.5 Å². The second-order valence-corrected chi connectivity index (χ2v) is 27.1. The Bertz CT molecular complexity index is 3630. The summed E-state index contributed by atoms with van der Waals surface area (Å²) in [6.07, 6.45) is -1.27. The molecule has 5 aromatic rings. The van der Waals surface area contributed by atoms with E-state index in [0.717, 1.165) is 67.5 Å². The number of ether oxygens (including phenoxy) is 3. The highest BCUT2D eigenvalue weighted by molar-refractivity contribution is 7.82. The molecule has 5 heterocycles. The molecule has 0 spiro atoms. The molecule has 17 nitrogen and oxygen atoms in total. The van der Waals surface area contributed by atoms with Crippen LogP contribution in [-0.4, -0.2) is 68.4 Å². The number of carbonyl (C=O) groups is 3. The highest BCUT2D eigenvalue weighted by atomic mass is 32.2. The fourth-order valence-corrected chi connectivity index (χ4v) is 13.2. The number of rotatable bonds is 22. The van der Waals surface area contributed by atoms with Crippen LogP contribution in [0.15, 0.2) is 143 Å². The third-order valence-electron chi connectivity index (χ3n) is 16.0. The van der Waals surface area contributed by atoms with Crippen molar-refractivity contribution < 1.29 is 87.0 Å². The second-order valence-electron chi connectivity index (χ2n) is 25.4. The van der Waals surface area contributed by atoms with Crippen LogP contribution in [0.1, 0.15) is 198 Å². The number of cyclic esters (lactones) is 3. The van der Waals surface area contributed by atoms with E-state index in [2.05, 4.69) is 32.4 Å². The van der Waals surface area contributed by atoms with Gasteiger partial charge in [0.15, 0.2) is 0 Å². The Morgan fingerprint density at radius 2 is 0.883 bits per heavy atom. The third-order valence-corrected chi connectivity index (χ3v) is 17.5. The maximum atomic E-state index is 13.1. The molecule has 0 fully saturated rings. The normalized spacial score (nSPS) is 21.0. The summed E-state index contributed by atoms with van der Waals surface area (Å²) in [5.41, 5.74) is 0.621. The van der Waals surface area contributed by atoms with Gasteiger partial charge in [0, 0.05) is 72.9 Å². The molecular weight excluding hydrogens is 1270 g/mol. The minimum atomic E-state index is -4.55. The molecule has 0 bridgehead atoms. The van der Waals surface area contributed by atoms with Crippen LogP contribution in [0.4, 0.5) is 37.7 Å². The van der Waals surface area contributed by atoms with Gasteiger partial charge in [-0.1, -0.05) is 129 Å². The largest absolute Gasteiger partial charge is 0.512 e. The van der Waals surface area contributed by atoms with Crippen molar-refractivity contribution in [3.63, 3.8) is 0 Å². The van der Waals surface area contributed by atoms with E-state index in [9.17, 15) is 64.5 Å². The number of esters is 3. The number of nitrogens with one attached hydrogen (secondary N) is 2. The maximum Gasteiger partial charge on any atom is 0.417 e. The predicted octanol–water partition coefficient (Wildman–Crippen LogP) is 17.4. The first-order valence-corrected chi connectivity index (χ1v) is 33.2. The van der Waals surface area contributed by atoms with Gasteiger partial charge in [-0.05, 0) is 118 Å². The minimum absolute atomic E-state index is 0.00250. The molecule has 0 saturated heterocycles. The van der Waals surface area contributed by atoms with Crippen molar-refractivity contribution in [2.75, 3.05) is 9.44 Å². The Labute approximate surface area is 550 Å². The number of aryl methyl sites for hydroxylation is 1. The highest BCUT2D eigenvalue weighted by Gasteiger charge is 2.45. The van der Waals surface area contributed by atoms with Crippen molar-refractivity contribution in [3.8, 4) is 11.8 Å². The van der Waals surface area contributed by atoms with Crippen LogP contribution in [0, 0.1) is 12.3 Å². The molecule has 8 atom stereocenters. The van der Waals surface area contributed by atoms with Gasteiger partial charge in [-0.2, -0.15) is 34.8 Å². The lowest BCUT2D eigenvalue weighted by molar-refractivity contribution is -0.159. The van der Waals surface area contributed by atoms with E-state index in [0.29, 0.717) is 66.2 Å². The number of hydrogen-bond donors (Lipinski definition) is 5. The summed E-state index contributed by atoms with van der Waals surface area (Å²) in [7, 11) is 0. The van der Waals surface area contributed by atoms with Crippen molar-refractivity contribution in [2.45, 2.75) is 201 Å². The molecular formula is C69H84F6N4O13S2. The molecule has 0 aliphatic carbocycles. The van der Waals surface area contributed by atoms with E-state index >= 15 is 0 Å². The average molecular weight is 1360 g/mol. The van der Waals surface area contributed by atoms with Gasteiger partial charge in [0.25, 0.3) is 0 Å². The SMILES string of the molecule is CCCC1(C)CC(O)=C([C@@H](CC)c2cccc(C)c2)C(=O)O1.CCCC1(C)CC(O)=C([C@@H](CC)c2cccc(NS(=O)Oc3ccc(C(F)(F)F)cn3)c2)C(=O)O1.CCCC1(C)CC(O)=C([C@@H](c2cccc(NS(=O)Oc3ccc(C(F)(F)F)cn3)c2)C(C)(C)C)C(=O)O1. The zero-order chi connectivity index (χ0) is 69.7. The van der Waals surface area contributed by atoms with Crippen molar-refractivity contribution in [1.29, 1.82) is 0 Å². The van der Waals surface area contributed by atoms with Crippen molar-refractivity contribution in [3.05, 3.63) is 177 Å². The standard InChI is InChI=1S/C26H31F3N2O5S.C24H27F3N2O5S.C19H26O3/c1-6-12-25(5)14-19(32)21(23(33)35-25)22(24(2,3)4)16-8-7-9-18(13-16)31-37(34)36-20-11-10-17(15-30-20)26(27,28)29;1-4-11-23(3)13-19(30)21(22(31)33-23)18(5-2)15-7-6-8-17(12-15)29-35(32)34-20-10-9-16(14-28-20)24(25,26)27;1-5-10-19(4)12-16(20)17(18(21)22-19)15(6-2)14-9-7-8-13(3)11-14/h7-11,13,15,22,31-32H,6,12,14H2,1-5H3;6-10,12,14,18,29-30H,4-5,11,13H2,1-3H3;7-9,11,15,20H,5-6,10,12H2,1-4H3/t22-,25?,37?;18-,23?,35?;15-,19?/m100/s1. The highest BCUT2D eigenvalue weighted by Crippen LogP contribution is 2.48. The Morgan fingerprint density at radius 3 is 1.20 bits per heavy atom. The van der Waals surface area contributed by atoms with E-state index in [1.54, 1.807) is 62.4 Å². The number of benzene rings is 3. The molecule has 3 aliphatic rings. The van der Waals surface area contributed by atoms with E-state index in [1.807, 2.05) is 80.5 Å². The summed E-state index contributed by atoms with van der Waals surface area (Å²) < 4.78 is 133. The number of aromatic nitrogens is 2. The first-order valence-electron chi connectivity index (χ1n) is 31.0. The van der Waals surface area contributed by atoms with E-state index in [1.165, 1.54) is 0 Å². The van der Waals surface area contributed by atoms with Crippen molar-refractivity contribution in [2.24, 2.45) is 5.41 Å². The number of aliphatic hydroxyl groups excluding tert-OH is 3. The van der Waals surface area contributed by atoms with Crippen LogP contribution in [0.2, 0.25) is 0 Å². The van der Waals surface area contributed by atoms with Crippen LogP contribution >= 0.6 is 0 Å². The third kappa shape index (κ3) is 20.1. The summed E-state index contributed by atoms with van der Waals surface area (Å²) >= 11 is -4.32. The van der Waals surface area contributed by atoms with Gasteiger partial charge in [0.05, 0.1) is 27.8 Å². The topological polar surface area (TPSA) is 242 Å². The molecule has 512 valence electrons. The predicted molar refractivity (Wildman–Crippen MR) is 347 cm³/mol. The molecule has 0 amide bonds. The minimum Gasteiger partial charge on any atom is -0.512 e. The van der Waals surface area contributed by atoms with Crippen LogP contribution < -0.4 is 17.8 Å². The molecule has 5 N–H and O–H groups in total. The number of nitrogens with zero attached hydrogens (tertiary/aromatic N) is 2. The molecule has 3 aromatic carbocycles. The molecule has 3 aliphatic heterocycles. The van der Waals surface area contributed by atoms with Crippen LogP contribution in [0.3, 0.4) is 0 Å². The van der Waals surface area contributed by atoms with E-state index in [4.69, 9.17) is 22.6 Å². The Kier molecular flexibility index (Phi) is 25.2. The van der Waals surface area contributed by atoms with Crippen LogP contribution in [0.25, 0.3) is 0 Å². The number of carbonyl (C=O) groups excluding carboxylic acids is 3. The summed E-state index contributed by atoms with van der Waals surface area (Å²) in [5, 5.41) is 32.2. The van der Waals surface area contributed by atoms with Gasteiger partial charge in [0.1, 0.15) is 34.1 Å². The quantitative estimate of drug-likeness (QED) is 0.0246. The van der Waals surface area contributed by atoms with Gasteiger partial charge in [-0.3, -0.25) is 9.44 Å². The van der Waals surface area contributed by atoms with E-state index < -0.39 is 92.0 Å². The molecule has 25 heteroatoms. The van der Waals surface area contributed by atoms with Gasteiger partial charge in [-0.15, -0.1) is 0 Å². The zero-order valence-corrected chi connectivity index (χ0v) is 56.4. The summed E-state index contributed by atoms with van der Waals surface area (Å²) in [6.45, 7) is 23.2. The number of hydrogen-bond acceptors (Lipinski definition) is 15. The lowest BCUT2D eigenvalue weighted by Crippen LogP contribution is -2.40. The summed E-state index contributed by atoms with van der Waals surface area (Å²) in [6, 6.07) is 25.1. The fraction of sp³-hybridized carbons (Fsp3) is 0.464. The van der Waals surface area contributed by atoms with Crippen molar-refractivity contribution in [1.82, 2.24) is 9.97 Å². The number of aliphatic hydroxyl groups is 3. The number of halogens is 6. The van der Waals surface area contributed by atoms with Crippen LogP contribution in [0.5, 0.6) is 11.8 Å². The first kappa shape index (κ1) is 75.1. The second kappa shape index (κ2) is 31.5. The number of alkyl halides is 6. The Balaban J connectivity index is 0.000000231. The smallest absolute Gasteiger partial charge is 0.417 e. The molecule has 0 saturated carbocycles. The van der Waals surface area contributed by atoms with Gasteiger partial charge in [0.2, 0.25) is 11.8 Å². The van der Waals surface area contributed by atoms with E-state index in [-0.39, 0.29) is 64.9 Å². The lowest BCUT2D eigenvalue weighted by atomic mass is 9.70. The van der Waals surface area contributed by atoms with Crippen molar-refractivity contribution >= 4 is 51.8 Å². The van der Waals surface area contributed by atoms with Gasteiger partial charge in [-0.25, -0.2) is 24.4 Å². The molecule has 2 aromatic heterocycles. The maximum absolute atomic E-state index is 13.1. The number of pyridine rings is 2. The molecule has 5 unspecified atom stereocenters. The Hall–Kier alpha value is -7.93. The summed E-state index contributed by atoms with van der Waals surface area (Å²) in [4.78, 5) is 45.5. The summed E-state index contributed by atoms with van der Waals surface area (Å²) in [5.74, 6) is -2.92. The van der Waals surface area contributed by atoms with Gasteiger partial charge >= 0.3 is 52.8 Å². The lowest BCUT2D eigenvalue weighted by Gasteiger charge is -2.39. The number of anilines is 2. The fourth-order valence-electron chi connectivity index (χ4n) is 12.0. The van der Waals surface area contributed by atoms with Gasteiger partial charge < -0.3 is 37.9 Å². The molecule has 94 heavy (non-hydrogen) atoms. The monoisotopic (exact) mass is 1350 g/mol. The Morgan fingerprint density at radius 1 is 0.532 bits per heavy atom.